The highest BCUT2D eigenvalue weighted by atomic mass is 16.6. The van der Waals surface area contributed by atoms with Crippen molar-refractivity contribution < 1.29 is 19.4 Å². The van der Waals surface area contributed by atoms with Crippen LogP contribution in [0.25, 0.3) is 0 Å². The van der Waals surface area contributed by atoms with Crippen molar-refractivity contribution in [2.24, 2.45) is 9.98 Å². The van der Waals surface area contributed by atoms with Crippen LogP contribution in [-0.4, -0.2) is 81.5 Å². The highest BCUT2D eigenvalue weighted by Gasteiger charge is 2.40. The number of amides is 1. The van der Waals surface area contributed by atoms with Crippen LogP contribution in [0.1, 0.15) is 50.4 Å². The molecule has 0 unspecified atom stereocenters. The average Bonchev–Trinajstić information content (AvgIpc) is 3.54. The Morgan fingerprint density at radius 2 is 1.95 bits per heavy atom. The SMILES string of the molecule is Cc1cc(NC2=NCNn3ccc(C4(O)CCN(C(=O)OC(C)(C)C)CC4)c32)ccc1OC1=CC2=NCN(C)N2C=C1. The molecule has 12 heteroatoms. The highest BCUT2D eigenvalue weighted by molar-refractivity contribution is 6.09. The van der Waals surface area contributed by atoms with E-state index in [0.717, 1.165) is 39.9 Å². The fourth-order valence-corrected chi connectivity index (χ4v) is 5.48. The van der Waals surface area contributed by atoms with Gasteiger partial charge < -0.3 is 30.2 Å². The molecule has 0 spiro atoms. The second-order valence-corrected chi connectivity index (χ2v) is 12.0. The van der Waals surface area contributed by atoms with Gasteiger partial charge in [-0.2, -0.15) is 5.01 Å². The van der Waals surface area contributed by atoms with Crippen LogP contribution in [0.5, 0.6) is 5.75 Å². The molecule has 0 saturated carbocycles. The van der Waals surface area contributed by atoms with Gasteiger partial charge in [0.2, 0.25) is 0 Å². The maximum atomic E-state index is 12.6. The Balaban J connectivity index is 1.15. The highest BCUT2D eigenvalue weighted by Crippen LogP contribution is 2.37. The van der Waals surface area contributed by atoms with Crippen molar-refractivity contribution in [1.82, 2.24) is 19.6 Å². The first-order valence-corrected chi connectivity index (χ1v) is 14.2. The van der Waals surface area contributed by atoms with Crippen LogP contribution < -0.4 is 15.5 Å². The Hall–Kier alpha value is -4.29. The van der Waals surface area contributed by atoms with Gasteiger partial charge >= 0.3 is 6.09 Å². The minimum Gasteiger partial charge on any atom is -0.457 e. The fourth-order valence-electron chi connectivity index (χ4n) is 5.48. The molecule has 1 saturated heterocycles. The largest absolute Gasteiger partial charge is 0.457 e. The summed E-state index contributed by atoms with van der Waals surface area (Å²) in [6.07, 6.45) is 8.14. The number of allylic oxidation sites excluding steroid dienone is 1. The number of amidine groups is 2. The van der Waals surface area contributed by atoms with E-state index in [0.29, 0.717) is 45.1 Å². The number of nitrogens with zero attached hydrogens (tertiary/aromatic N) is 6. The molecule has 1 aromatic heterocycles. The maximum Gasteiger partial charge on any atom is 0.410 e. The molecule has 42 heavy (non-hydrogen) atoms. The summed E-state index contributed by atoms with van der Waals surface area (Å²) in [5, 5.41) is 19.2. The monoisotopic (exact) mass is 574 g/mol. The number of piperidine rings is 1. The fraction of sp³-hybridized carbons (Fsp3) is 0.433. The number of anilines is 1. The van der Waals surface area contributed by atoms with Gasteiger partial charge in [-0.15, -0.1) is 0 Å². The summed E-state index contributed by atoms with van der Waals surface area (Å²) in [6.45, 7) is 9.37. The van der Waals surface area contributed by atoms with Crippen LogP contribution >= 0.6 is 0 Å². The molecule has 1 fully saturated rings. The minimum atomic E-state index is -1.11. The quantitative estimate of drug-likeness (QED) is 0.506. The molecule has 3 N–H and O–H groups in total. The molecular weight excluding hydrogens is 536 g/mol. The minimum absolute atomic E-state index is 0.352. The second-order valence-electron chi connectivity index (χ2n) is 12.0. The molecule has 1 amide bonds. The van der Waals surface area contributed by atoms with Crippen molar-refractivity contribution in [3.63, 3.8) is 0 Å². The number of carbonyl (C=O) groups excluding carboxylic acids is 1. The molecule has 4 aliphatic rings. The van der Waals surface area contributed by atoms with Crippen LogP contribution in [0.15, 0.2) is 64.6 Å². The summed E-state index contributed by atoms with van der Waals surface area (Å²) in [7, 11) is 1.98. The van der Waals surface area contributed by atoms with Crippen molar-refractivity contribution in [3.8, 4) is 5.75 Å². The van der Waals surface area contributed by atoms with E-state index in [1.54, 1.807) is 4.90 Å². The van der Waals surface area contributed by atoms with E-state index in [4.69, 9.17) is 14.5 Å². The normalized spacial score (nSPS) is 19.7. The number of fused-ring (bicyclic) bond motifs is 2. The van der Waals surface area contributed by atoms with Gasteiger partial charge in [0.1, 0.15) is 42.0 Å². The first-order valence-electron chi connectivity index (χ1n) is 14.2. The number of likely N-dealkylation sites (tertiary alicyclic amines) is 1. The number of benzene rings is 1. The maximum absolute atomic E-state index is 12.6. The van der Waals surface area contributed by atoms with Gasteiger partial charge in [-0.1, -0.05) is 0 Å². The zero-order valence-electron chi connectivity index (χ0n) is 24.7. The predicted octanol–water partition coefficient (Wildman–Crippen LogP) is 3.70. The van der Waals surface area contributed by atoms with Crippen molar-refractivity contribution in [1.29, 1.82) is 0 Å². The van der Waals surface area contributed by atoms with Gasteiger partial charge in [-0.25, -0.2) is 14.8 Å². The molecule has 12 nitrogen and oxygen atoms in total. The molecular formula is C30H38N8O4. The lowest BCUT2D eigenvalue weighted by molar-refractivity contribution is -0.0357. The molecule has 0 aliphatic carbocycles. The van der Waals surface area contributed by atoms with E-state index in [2.05, 4.69) is 15.7 Å². The summed E-state index contributed by atoms with van der Waals surface area (Å²) in [5.74, 6) is 2.98. The average molecular weight is 575 g/mol. The smallest absolute Gasteiger partial charge is 0.410 e. The number of ether oxygens (including phenoxy) is 2. The third kappa shape index (κ3) is 5.47. The summed E-state index contributed by atoms with van der Waals surface area (Å²) in [4.78, 5) is 23.4. The second kappa shape index (κ2) is 10.5. The number of nitrogens with one attached hydrogen (secondary N) is 2. The number of hydrogen-bond donors (Lipinski definition) is 3. The Labute approximate surface area is 245 Å². The van der Waals surface area contributed by atoms with Gasteiger partial charge in [0.15, 0.2) is 5.84 Å². The van der Waals surface area contributed by atoms with Gasteiger partial charge in [0.25, 0.3) is 0 Å². The van der Waals surface area contributed by atoms with Crippen LogP contribution in [0.2, 0.25) is 0 Å². The lowest BCUT2D eigenvalue weighted by Crippen LogP contribution is -2.47. The zero-order chi connectivity index (χ0) is 29.6. The Kier molecular flexibility index (Phi) is 6.98. The molecule has 222 valence electrons. The molecule has 0 atom stereocenters. The molecule has 5 heterocycles. The number of aliphatic hydroxyl groups is 1. The zero-order valence-corrected chi connectivity index (χ0v) is 24.7. The van der Waals surface area contributed by atoms with E-state index in [1.807, 2.05) is 98.3 Å². The van der Waals surface area contributed by atoms with E-state index >= 15 is 0 Å². The number of hydrazine groups is 1. The third-order valence-electron chi connectivity index (χ3n) is 7.69. The Bertz CT molecular complexity index is 1510. The van der Waals surface area contributed by atoms with Gasteiger partial charge in [0.05, 0.1) is 5.60 Å². The van der Waals surface area contributed by atoms with Crippen LogP contribution in [-0.2, 0) is 10.3 Å². The van der Waals surface area contributed by atoms with E-state index in [1.165, 1.54) is 0 Å². The first kappa shape index (κ1) is 27.9. The number of rotatable bonds is 4. The van der Waals surface area contributed by atoms with Crippen LogP contribution in [0.4, 0.5) is 10.5 Å². The number of hydrogen-bond acceptors (Lipinski definition) is 10. The Morgan fingerprint density at radius 1 is 1.17 bits per heavy atom. The number of aliphatic imine (C=N–C) groups is 2. The molecule has 4 aliphatic heterocycles. The van der Waals surface area contributed by atoms with Crippen molar-refractivity contribution >= 4 is 23.5 Å². The molecule has 1 aromatic carbocycles. The molecule has 2 aromatic rings. The van der Waals surface area contributed by atoms with Gasteiger partial charge in [-0.3, -0.25) is 9.69 Å². The lowest BCUT2D eigenvalue weighted by atomic mass is 9.84. The van der Waals surface area contributed by atoms with E-state index in [-0.39, 0.29) is 6.09 Å². The first-order chi connectivity index (χ1) is 20.0. The number of aromatic nitrogens is 1. The van der Waals surface area contributed by atoms with Crippen molar-refractivity contribution in [2.75, 3.05) is 44.2 Å². The van der Waals surface area contributed by atoms with Gasteiger partial charge in [0, 0.05) is 49.9 Å². The molecule has 0 bridgehead atoms. The molecule has 0 radical (unpaired) electrons. The Morgan fingerprint density at radius 3 is 2.69 bits per heavy atom. The summed E-state index contributed by atoms with van der Waals surface area (Å²) < 4.78 is 13.6. The number of carbonyl (C=O) groups is 1. The topological polar surface area (TPSA) is 119 Å². The molecule has 6 rings (SSSR count). The van der Waals surface area contributed by atoms with Crippen molar-refractivity contribution in [2.45, 2.75) is 51.7 Å². The third-order valence-corrected chi connectivity index (χ3v) is 7.69. The number of aryl methyl sites for hydroxylation is 1. The van der Waals surface area contributed by atoms with Crippen molar-refractivity contribution in [3.05, 3.63) is 71.4 Å². The summed E-state index contributed by atoms with van der Waals surface area (Å²) in [5.41, 5.74) is 4.92. The van der Waals surface area contributed by atoms with Gasteiger partial charge in [-0.05, 0) is 76.4 Å². The standard InChI is InChI=1S/C30H38N8O4/c1-20-16-21(6-7-24(20)41-22-8-13-38-25(17-22)32-19-35(38)5)34-27-26-23(9-12-37(26)33-18-31-27)30(40)10-14-36(15-11-30)28(39)42-29(2,3)4/h6-9,12-13,16-17,33,40H,10-11,14-15,18-19H2,1-5H3,(H,31,34). The predicted molar refractivity (Wildman–Crippen MR) is 161 cm³/mol. The van der Waals surface area contributed by atoms with E-state index < -0.39 is 11.2 Å². The lowest BCUT2D eigenvalue weighted by Gasteiger charge is -2.39. The summed E-state index contributed by atoms with van der Waals surface area (Å²) in [6, 6.07) is 7.83. The van der Waals surface area contributed by atoms with Crippen LogP contribution in [0.3, 0.4) is 0 Å². The van der Waals surface area contributed by atoms with Crippen LogP contribution in [0, 0.1) is 6.92 Å². The van der Waals surface area contributed by atoms with E-state index in [9.17, 15) is 9.90 Å². The summed E-state index contributed by atoms with van der Waals surface area (Å²) >= 11 is 0.